The number of aromatic nitrogens is 4. The summed E-state index contributed by atoms with van der Waals surface area (Å²) in [7, 11) is 0. The zero-order chi connectivity index (χ0) is 24.1. The molecule has 0 saturated heterocycles. The van der Waals surface area contributed by atoms with Gasteiger partial charge in [0.05, 0.1) is 0 Å². The molecule has 0 aliphatic rings. The topological polar surface area (TPSA) is 128 Å². The maximum atomic E-state index is 12.4. The van der Waals surface area contributed by atoms with Crippen LogP contribution in [0.4, 0.5) is 0 Å². The van der Waals surface area contributed by atoms with Crippen LogP contribution in [-0.4, -0.2) is 37.5 Å². The van der Waals surface area contributed by atoms with Gasteiger partial charge in [-0.05, 0) is 50.5 Å². The van der Waals surface area contributed by atoms with E-state index in [1.165, 1.54) is 4.57 Å². The minimum absolute atomic E-state index is 0.192. The summed E-state index contributed by atoms with van der Waals surface area (Å²) in [5, 5.41) is 2.54. The van der Waals surface area contributed by atoms with Gasteiger partial charge in [0, 0.05) is 18.7 Å². The molecule has 0 bridgehead atoms. The third kappa shape index (κ3) is 5.21. The third-order valence-electron chi connectivity index (χ3n) is 5.54. The zero-order valence-electron chi connectivity index (χ0n) is 19.4. The molecule has 33 heavy (non-hydrogen) atoms. The molecule has 1 amide bonds. The molecular weight excluding hydrogens is 426 g/mol. The number of ether oxygens (including phenoxy) is 1. The minimum Gasteiger partial charge on any atom is -0.456 e. The van der Waals surface area contributed by atoms with Crippen molar-refractivity contribution in [1.29, 1.82) is 0 Å². The standard InChI is InChI=1S/C23H29N5O5/c1-5-7-10-28-20-19(22(31)26-23(28)32)27(6-2)17(25-20)13-33-18(29)12-24-21(30)16-9-8-14(3)15(4)11-16/h8-9,11H,5-7,10,12-13H2,1-4H3,(H,24,30)(H,26,31,32). The first-order valence-electron chi connectivity index (χ1n) is 11.0. The Balaban J connectivity index is 1.72. The van der Waals surface area contributed by atoms with Gasteiger partial charge in [-0.15, -0.1) is 0 Å². The van der Waals surface area contributed by atoms with Crippen molar-refractivity contribution in [3.63, 3.8) is 0 Å². The fourth-order valence-electron chi connectivity index (χ4n) is 3.53. The van der Waals surface area contributed by atoms with E-state index in [1.807, 2.05) is 33.8 Å². The van der Waals surface area contributed by atoms with E-state index in [9.17, 15) is 19.2 Å². The van der Waals surface area contributed by atoms with Gasteiger partial charge in [-0.1, -0.05) is 19.4 Å². The van der Waals surface area contributed by atoms with Gasteiger partial charge in [-0.3, -0.25) is 23.9 Å². The molecule has 0 spiro atoms. The lowest BCUT2D eigenvalue weighted by Gasteiger charge is -2.09. The van der Waals surface area contributed by atoms with Crippen molar-refractivity contribution in [3.05, 3.63) is 61.6 Å². The van der Waals surface area contributed by atoms with Crippen LogP contribution in [0.25, 0.3) is 11.2 Å². The normalized spacial score (nSPS) is 11.0. The van der Waals surface area contributed by atoms with Gasteiger partial charge in [0.15, 0.2) is 11.2 Å². The molecule has 0 radical (unpaired) electrons. The van der Waals surface area contributed by atoms with Crippen molar-refractivity contribution in [3.8, 4) is 0 Å². The number of esters is 1. The minimum atomic E-state index is -0.640. The molecule has 0 saturated carbocycles. The maximum absolute atomic E-state index is 12.4. The summed E-state index contributed by atoms with van der Waals surface area (Å²) in [5.41, 5.74) is 2.01. The molecule has 0 unspecified atom stereocenters. The van der Waals surface area contributed by atoms with E-state index >= 15 is 0 Å². The van der Waals surface area contributed by atoms with Crippen molar-refractivity contribution < 1.29 is 14.3 Å². The van der Waals surface area contributed by atoms with Crippen LogP contribution in [0.15, 0.2) is 27.8 Å². The molecule has 2 aromatic heterocycles. The molecule has 3 rings (SSSR count). The van der Waals surface area contributed by atoms with Gasteiger partial charge in [0.2, 0.25) is 0 Å². The Labute approximate surface area is 190 Å². The van der Waals surface area contributed by atoms with E-state index in [1.54, 1.807) is 16.7 Å². The molecule has 3 aromatic rings. The van der Waals surface area contributed by atoms with E-state index in [0.29, 0.717) is 24.5 Å². The summed E-state index contributed by atoms with van der Waals surface area (Å²) in [6.07, 6.45) is 1.63. The number of benzene rings is 1. The van der Waals surface area contributed by atoms with Gasteiger partial charge >= 0.3 is 11.7 Å². The molecule has 2 N–H and O–H groups in total. The molecule has 0 fully saturated rings. The Morgan fingerprint density at radius 2 is 1.88 bits per heavy atom. The van der Waals surface area contributed by atoms with Crippen molar-refractivity contribution in [2.45, 2.75) is 60.2 Å². The molecule has 0 aliphatic heterocycles. The van der Waals surface area contributed by atoms with Crippen LogP contribution in [0.5, 0.6) is 0 Å². The van der Waals surface area contributed by atoms with Crippen molar-refractivity contribution in [2.75, 3.05) is 6.54 Å². The Kier molecular flexibility index (Phi) is 7.47. The number of imidazole rings is 1. The molecule has 1 aromatic carbocycles. The first kappa shape index (κ1) is 24.0. The van der Waals surface area contributed by atoms with Crippen LogP contribution in [0.3, 0.4) is 0 Å². The van der Waals surface area contributed by atoms with E-state index < -0.39 is 17.2 Å². The second-order valence-corrected chi connectivity index (χ2v) is 7.85. The van der Waals surface area contributed by atoms with Crippen LogP contribution in [0.2, 0.25) is 0 Å². The molecule has 0 atom stereocenters. The number of aromatic amines is 1. The first-order valence-corrected chi connectivity index (χ1v) is 11.0. The van der Waals surface area contributed by atoms with Gasteiger partial charge in [0.25, 0.3) is 11.5 Å². The van der Waals surface area contributed by atoms with Gasteiger partial charge in [-0.25, -0.2) is 9.78 Å². The van der Waals surface area contributed by atoms with Gasteiger partial charge in [-0.2, -0.15) is 0 Å². The number of aryl methyl sites for hydroxylation is 4. The number of unbranched alkanes of at least 4 members (excludes halogenated alkanes) is 1. The highest BCUT2D eigenvalue weighted by atomic mass is 16.5. The number of carbonyl (C=O) groups excluding carboxylic acids is 2. The maximum Gasteiger partial charge on any atom is 0.330 e. The van der Waals surface area contributed by atoms with Gasteiger partial charge in [0.1, 0.15) is 19.0 Å². The highest BCUT2D eigenvalue weighted by Crippen LogP contribution is 2.13. The van der Waals surface area contributed by atoms with Crippen LogP contribution in [0.1, 0.15) is 54.0 Å². The number of hydrogen-bond acceptors (Lipinski definition) is 6. The van der Waals surface area contributed by atoms with Crippen LogP contribution in [-0.2, 0) is 29.2 Å². The Morgan fingerprint density at radius 3 is 2.55 bits per heavy atom. The number of nitrogens with one attached hydrogen (secondary N) is 2. The third-order valence-corrected chi connectivity index (χ3v) is 5.54. The largest absolute Gasteiger partial charge is 0.456 e. The smallest absolute Gasteiger partial charge is 0.330 e. The molecule has 10 heteroatoms. The lowest BCUT2D eigenvalue weighted by Crippen LogP contribution is -2.31. The number of fused-ring (bicyclic) bond motifs is 1. The number of amides is 1. The molecular formula is C23H29N5O5. The summed E-state index contributed by atoms with van der Waals surface area (Å²) < 4.78 is 8.34. The SMILES string of the molecule is CCCCn1c(=O)[nH]c(=O)c2c1nc(COC(=O)CNC(=O)c1ccc(C)c(C)c1)n2CC. The van der Waals surface area contributed by atoms with E-state index in [-0.39, 0.29) is 30.2 Å². The summed E-state index contributed by atoms with van der Waals surface area (Å²) in [4.78, 5) is 56.0. The Bertz CT molecular complexity index is 1300. The number of hydrogen-bond donors (Lipinski definition) is 2. The highest BCUT2D eigenvalue weighted by molar-refractivity contribution is 5.96. The monoisotopic (exact) mass is 455 g/mol. The summed E-state index contributed by atoms with van der Waals surface area (Å²) >= 11 is 0. The molecule has 10 nitrogen and oxygen atoms in total. The van der Waals surface area contributed by atoms with Crippen LogP contribution < -0.4 is 16.6 Å². The predicted molar refractivity (Wildman–Crippen MR) is 123 cm³/mol. The van der Waals surface area contributed by atoms with Gasteiger partial charge < -0.3 is 14.6 Å². The summed E-state index contributed by atoms with van der Waals surface area (Å²) in [6.45, 7) is 8.03. The van der Waals surface area contributed by atoms with Crippen molar-refractivity contribution in [1.82, 2.24) is 24.4 Å². The number of carbonyl (C=O) groups is 2. The van der Waals surface area contributed by atoms with E-state index in [4.69, 9.17) is 4.74 Å². The summed E-state index contributed by atoms with van der Waals surface area (Å²) in [5.74, 6) is -0.663. The predicted octanol–water partition coefficient (Wildman–Crippen LogP) is 1.80. The quantitative estimate of drug-likeness (QED) is 0.474. The fourth-order valence-corrected chi connectivity index (χ4v) is 3.53. The second kappa shape index (κ2) is 10.3. The van der Waals surface area contributed by atoms with Crippen molar-refractivity contribution in [2.24, 2.45) is 0 Å². The number of rotatable bonds is 9. The number of H-pyrrole nitrogens is 1. The molecule has 2 heterocycles. The fraction of sp³-hybridized carbons (Fsp3) is 0.435. The lowest BCUT2D eigenvalue weighted by molar-refractivity contribution is -0.144. The van der Waals surface area contributed by atoms with E-state index in [2.05, 4.69) is 15.3 Å². The lowest BCUT2D eigenvalue weighted by atomic mass is 10.1. The first-order chi connectivity index (χ1) is 15.8. The number of nitrogens with zero attached hydrogens (tertiary/aromatic N) is 3. The average molecular weight is 456 g/mol. The highest BCUT2D eigenvalue weighted by Gasteiger charge is 2.19. The summed E-state index contributed by atoms with van der Waals surface area (Å²) in [6, 6.07) is 5.30. The Hall–Kier alpha value is -3.69. The van der Waals surface area contributed by atoms with Crippen LogP contribution in [0, 0.1) is 13.8 Å². The molecule has 0 aliphatic carbocycles. The Morgan fingerprint density at radius 1 is 1.12 bits per heavy atom. The second-order valence-electron chi connectivity index (χ2n) is 7.85. The average Bonchev–Trinajstić information content (AvgIpc) is 3.16. The van der Waals surface area contributed by atoms with Crippen LogP contribution >= 0.6 is 0 Å². The molecule has 176 valence electrons. The zero-order valence-corrected chi connectivity index (χ0v) is 19.4. The van der Waals surface area contributed by atoms with E-state index in [0.717, 1.165) is 24.0 Å². The van der Waals surface area contributed by atoms with Crippen molar-refractivity contribution >= 4 is 23.0 Å².